The molecular formula is C14H12ClNO6. The highest BCUT2D eigenvalue weighted by Gasteiger charge is 2.38. The van der Waals surface area contributed by atoms with E-state index in [9.17, 15) is 14.4 Å². The van der Waals surface area contributed by atoms with Crippen molar-refractivity contribution in [3.05, 3.63) is 40.6 Å². The highest BCUT2D eigenvalue weighted by molar-refractivity contribution is 6.33. The summed E-state index contributed by atoms with van der Waals surface area (Å²) in [5.41, 5.74) is 0.0313. The lowest BCUT2D eigenvalue weighted by Crippen LogP contribution is -2.42. The Morgan fingerprint density at radius 2 is 1.86 bits per heavy atom. The topological polar surface area (TPSA) is 102 Å². The van der Waals surface area contributed by atoms with Crippen molar-refractivity contribution in [3.8, 4) is 0 Å². The highest BCUT2D eigenvalue weighted by Crippen LogP contribution is 2.24. The Balaban J connectivity index is 2.18. The van der Waals surface area contributed by atoms with E-state index in [1.54, 1.807) is 0 Å². The number of halogens is 1. The quantitative estimate of drug-likeness (QED) is 0.499. The molecule has 0 atom stereocenters. The first kappa shape index (κ1) is 15.8. The summed E-state index contributed by atoms with van der Waals surface area (Å²) in [5, 5.41) is 11.6. The van der Waals surface area contributed by atoms with E-state index < -0.39 is 23.7 Å². The smallest absolute Gasteiger partial charge is 0.350 e. The second-order valence-corrected chi connectivity index (χ2v) is 5.29. The Bertz CT molecular complexity index is 673. The normalized spacial score (nSPS) is 16.6. The van der Waals surface area contributed by atoms with Crippen LogP contribution < -0.4 is 5.32 Å². The van der Waals surface area contributed by atoms with Crippen LogP contribution in [-0.4, -0.2) is 28.8 Å². The van der Waals surface area contributed by atoms with Gasteiger partial charge in [0.2, 0.25) is 0 Å². The molecule has 0 unspecified atom stereocenters. The molecule has 1 aromatic carbocycles. The zero-order valence-corrected chi connectivity index (χ0v) is 12.4. The number of carbonyl (C=O) groups is 3. The summed E-state index contributed by atoms with van der Waals surface area (Å²) in [6.07, 6.45) is 1.12. The third-order valence-electron chi connectivity index (χ3n) is 2.70. The highest BCUT2D eigenvalue weighted by atomic mass is 35.5. The number of rotatable bonds is 3. The Morgan fingerprint density at radius 1 is 1.27 bits per heavy atom. The second kappa shape index (κ2) is 5.69. The van der Waals surface area contributed by atoms with Crippen LogP contribution >= 0.6 is 11.6 Å². The molecular weight excluding hydrogens is 314 g/mol. The lowest BCUT2D eigenvalue weighted by atomic mass is 10.2. The summed E-state index contributed by atoms with van der Waals surface area (Å²) in [5.74, 6) is -4.10. The maximum absolute atomic E-state index is 11.7. The first-order valence-corrected chi connectivity index (χ1v) is 6.53. The minimum absolute atomic E-state index is 0.0193. The Kier molecular flexibility index (Phi) is 4.09. The zero-order chi connectivity index (χ0) is 16.5. The van der Waals surface area contributed by atoms with Gasteiger partial charge in [0.25, 0.3) is 5.79 Å². The molecule has 1 aliphatic heterocycles. The molecule has 7 nitrogen and oxygen atoms in total. The largest absolute Gasteiger partial charge is 0.478 e. The van der Waals surface area contributed by atoms with Gasteiger partial charge in [-0.1, -0.05) is 11.6 Å². The van der Waals surface area contributed by atoms with Gasteiger partial charge in [-0.25, -0.2) is 14.4 Å². The van der Waals surface area contributed by atoms with Crippen LogP contribution in [0.15, 0.2) is 30.0 Å². The Labute approximate surface area is 130 Å². The molecule has 116 valence electrons. The maximum atomic E-state index is 11.7. The molecule has 0 radical (unpaired) electrons. The molecule has 0 spiro atoms. The van der Waals surface area contributed by atoms with E-state index in [4.69, 9.17) is 26.2 Å². The molecule has 0 bridgehead atoms. The van der Waals surface area contributed by atoms with Gasteiger partial charge in [0.1, 0.15) is 0 Å². The summed E-state index contributed by atoms with van der Waals surface area (Å²) in [4.78, 5) is 34.3. The summed E-state index contributed by atoms with van der Waals surface area (Å²) in [6, 6.07) is 4.09. The zero-order valence-electron chi connectivity index (χ0n) is 11.7. The van der Waals surface area contributed by atoms with Gasteiger partial charge in [-0.2, -0.15) is 0 Å². The minimum Gasteiger partial charge on any atom is -0.478 e. The SMILES string of the molecule is CC1(C)OC(=O)C(=CNc2ccc(C(=O)O)c(Cl)c2)C(=O)O1. The minimum atomic E-state index is -1.31. The van der Waals surface area contributed by atoms with Crippen LogP contribution in [0.3, 0.4) is 0 Å². The molecule has 2 rings (SSSR count). The fraction of sp³-hybridized carbons (Fsp3) is 0.214. The second-order valence-electron chi connectivity index (χ2n) is 4.88. The molecule has 1 fully saturated rings. The number of carboxylic acids is 1. The number of benzene rings is 1. The predicted molar refractivity (Wildman–Crippen MR) is 76.4 cm³/mol. The molecule has 0 amide bonds. The molecule has 1 saturated heterocycles. The van der Waals surface area contributed by atoms with E-state index in [0.29, 0.717) is 5.69 Å². The number of carbonyl (C=O) groups excluding carboxylic acids is 2. The van der Waals surface area contributed by atoms with Gasteiger partial charge >= 0.3 is 17.9 Å². The summed E-state index contributed by atoms with van der Waals surface area (Å²) in [6.45, 7) is 2.88. The van der Waals surface area contributed by atoms with Crippen LogP contribution in [0.2, 0.25) is 5.02 Å². The van der Waals surface area contributed by atoms with E-state index in [-0.39, 0.29) is 16.2 Å². The van der Waals surface area contributed by atoms with Crippen molar-refractivity contribution in [1.82, 2.24) is 0 Å². The average molecular weight is 326 g/mol. The van der Waals surface area contributed by atoms with Gasteiger partial charge in [0.15, 0.2) is 5.57 Å². The van der Waals surface area contributed by atoms with Crippen molar-refractivity contribution in [1.29, 1.82) is 0 Å². The standard InChI is InChI=1S/C14H12ClNO6/c1-14(2)21-12(19)9(13(20)22-14)6-16-7-3-4-8(11(17)18)10(15)5-7/h3-6,16H,1-2H3,(H,17,18). The molecule has 8 heteroatoms. The predicted octanol–water partition coefficient (Wildman–Crippen LogP) is 2.17. The van der Waals surface area contributed by atoms with E-state index in [1.807, 2.05) is 0 Å². The Hall–Kier alpha value is -2.54. The van der Waals surface area contributed by atoms with Crippen LogP contribution in [-0.2, 0) is 19.1 Å². The lowest BCUT2D eigenvalue weighted by Gasteiger charge is -2.29. The van der Waals surface area contributed by atoms with Gasteiger partial charge in [-0.05, 0) is 18.2 Å². The van der Waals surface area contributed by atoms with Crippen LogP contribution in [0.1, 0.15) is 24.2 Å². The summed E-state index contributed by atoms with van der Waals surface area (Å²) >= 11 is 5.82. The van der Waals surface area contributed by atoms with Gasteiger partial charge in [0, 0.05) is 25.7 Å². The molecule has 1 aliphatic rings. The van der Waals surface area contributed by atoms with E-state index >= 15 is 0 Å². The fourth-order valence-electron chi connectivity index (χ4n) is 1.71. The van der Waals surface area contributed by atoms with E-state index in [1.165, 1.54) is 32.0 Å². The van der Waals surface area contributed by atoms with E-state index in [2.05, 4.69) is 5.32 Å². The lowest BCUT2D eigenvalue weighted by molar-refractivity contribution is -0.222. The van der Waals surface area contributed by atoms with Crippen molar-refractivity contribution in [2.75, 3.05) is 5.32 Å². The summed E-state index contributed by atoms with van der Waals surface area (Å²) in [7, 11) is 0. The number of esters is 2. The third-order valence-corrected chi connectivity index (χ3v) is 3.01. The Morgan fingerprint density at radius 3 is 2.36 bits per heavy atom. The van der Waals surface area contributed by atoms with Crippen molar-refractivity contribution < 1.29 is 29.0 Å². The fourth-order valence-corrected chi connectivity index (χ4v) is 1.97. The number of hydrogen-bond acceptors (Lipinski definition) is 6. The van der Waals surface area contributed by atoms with Crippen molar-refractivity contribution in [3.63, 3.8) is 0 Å². The number of ether oxygens (including phenoxy) is 2. The third kappa shape index (κ3) is 3.37. The van der Waals surface area contributed by atoms with Crippen molar-refractivity contribution in [2.45, 2.75) is 19.6 Å². The first-order chi connectivity index (χ1) is 10.2. The van der Waals surface area contributed by atoms with Gasteiger partial charge in [0.05, 0.1) is 10.6 Å². The summed E-state index contributed by atoms with van der Waals surface area (Å²) < 4.78 is 9.85. The number of cyclic esters (lactones) is 2. The molecule has 1 aromatic rings. The molecule has 0 aromatic heterocycles. The van der Waals surface area contributed by atoms with Gasteiger partial charge in [-0.3, -0.25) is 0 Å². The number of carboxylic acid groups (broad SMARTS) is 1. The molecule has 0 saturated carbocycles. The monoisotopic (exact) mass is 325 g/mol. The molecule has 22 heavy (non-hydrogen) atoms. The number of nitrogens with one attached hydrogen (secondary N) is 1. The van der Waals surface area contributed by atoms with Crippen molar-refractivity contribution >= 4 is 35.2 Å². The molecule has 1 heterocycles. The van der Waals surface area contributed by atoms with Crippen LogP contribution in [0.25, 0.3) is 0 Å². The number of hydrogen-bond donors (Lipinski definition) is 2. The van der Waals surface area contributed by atoms with Crippen LogP contribution in [0.4, 0.5) is 5.69 Å². The van der Waals surface area contributed by atoms with Crippen LogP contribution in [0, 0.1) is 0 Å². The maximum Gasteiger partial charge on any atom is 0.350 e. The number of aromatic carboxylic acids is 1. The van der Waals surface area contributed by atoms with Crippen molar-refractivity contribution in [2.24, 2.45) is 0 Å². The molecule has 2 N–H and O–H groups in total. The van der Waals surface area contributed by atoms with E-state index in [0.717, 1.165) is 6.20 Å². The van der Waals surface area contributed by atoms with Gasteiger partial charge < -0.3 is 19.9 Å². The first-order valence-electron chi connectivity index (χ1n) is 6.16. The average Bonchev–Trinajstić information content (AvgIpc) is 2.35. The van der Waals surface area contributed by atoms with Gasteiger partial charge in [-0.15, -0.1) is 0 Å². The van der Waals surface area contributed by atoms with Crippen LogP contribution in [0.5, 0.6) is 0 Å². The number of anilines is 1. The molecule has 0 aliphatic carbocycles.